The molecule has 1 amide bonds. The zero-order chi connectivity index (χ0) is 18.4. The molecule has 2 heterocycles. The number of aliphatic hydroxyl groups is 3. The molecule has 1 aromatic heterocycles. The largest absolute Gasteiger partial charge is 0.449 e. The number of amides is 1. The van der Waals surface area contributed by atoms with Crippen LogP contribution in [0.1, 0.15) is 32.4 Å². The first-order valence-electron chi connectivity index (χ1n) is 8.13. The van der Waals surface area contributed by atoms with Crippen molar-refractivity contribution in [1.29, 1.82) is 0 Å². The summed E-state index contributed by atoms with van der Waals surface area (Å²) in [7, 11) is 0. The summed E-state index contributed by atoms with van der Waals surface area (Å²) in [5.41, 5.74) is -0.793. The van der Waals surface area contributed by atoms with E-state index in [-0.39, 0.29) is 12.4 Å². The van der Waals surface area contributed by atoms with Crippen molar-refractivity contribution >= 4 is 11.9 Å². The lowest BCUT2D eigenvalue weighted by atomic mass is 10.1. The van der Waals surface area contributed by atoms with Crippen LogP contribution in [0.15, 0.2) is 17.1 Å². The van der Waals surface area contributed by atoms with Gasteiger partial charge in [-0.15, -0.1) is 0 Å². The van der Waals surface area contributed by atoms with Crippen LogP contribution in [0.5, 0.6) is 0 Å². The molecular weight excluding hydrogens is 334 g/mol. The Labute approximate surface area is 144 Å². The Morgan fingerprint density at radius 3 is 2.76 bits per heavy atom. The molecule has 140 valence electrons. The number of aliphatic hydroxyl groups excluding tert-OH is 3. The number of hydrogen-bond donors (Lipinski definition) is 4. The van der Waals surface area contributed by atoms with Crippen molar-refractivity contribution < 1.29 is 29.6 Å². The molecule has 10 heteroatoms. The molecule has 1 aromatic rings. The molecule has 0 unspecified atom stereocenters. The van der Waals surface area contributed by atoms with Crippen molar-refractivity contribution in [2.75, 3.05) is 18.5 Å². The second-order valence-corrected chi connectivity index (χ2v) is 5.70. The molecule has 4 N–H and O–H groups in total. The summed E-state index contributed by atoms with van der Waals surface area (Å²) in [6.45, 7) is 1.81. The normalized spacial score (nSPS) is 25.8. The van der Waals surface area contributed by atoms with E-state index < -0.39 is 42.9 Å². The fourth-order valence-corrected chi connectivity index (χ4v) is 2.44. The fourth-order valence-electron chi connectivity index (χ4n) is 2.44. The molecule has 0 aromatic carbocycles. The number of nitrogens with zero attached hydrogens (tertiary/aromatic N) is 2. The molecule has 1 aliphatic rings. The van der Waals surface area contributed by atoms with Gasteiger partial charge in [0.25, 0.3) is 0 Å². The molecule has 4 atom stereocenters. The zero-order valence-electron chi connectivity index (χ0n) is 13.9. The zero-order valence-corrected chi connectivity index (χ0v) is 13.9. The van der Waals surface area contributed by atoms with E-state index in [1.165, 1.54) is 12.3 Å². The highest BCUT2D eigenvalue weighted by Crippen LogP contribution is 2.28. The van der Waals surface area contributed by atoms with Crippen LogP contribution in [0.4, 0.5) is 10.6 Å². The van der Waals surface area contributed by atoms with Gasteiger partial charge in [0, 0.05) is 6.20 Å². The molecule has 1 aliphatic heterocycles. The van der Waals surface area contributed by atoms with Gasteiger partial charge in [0.05, 0.1) is 13.2 Å². The molecule has 2 rings (SSSR count). The number of aromatic nitrogens is 2. The first-order valence-corrected chi connectivity index (χ1v) is 8.13. The van der Waals surface area contributed by atoms with Crippen LogP contribution >= 0.6 is 0 Å². The smallest absolute Gasteiger partial charge is 0.412 e. The topological polar surface area (TPSA) is 143 Å². The summed E-state index contributed by atoms with van der Waals surface area (Å²) in [5.74, 6) is -0.00603. The van der Waals surface area contributed by atoms with Crippen molar-refractivity contribution in [3.05, 3.63) is 22.7 Å². The quantitative estimate of drug-likeness (QED) is 0.482. The fraction of sp³-hybridized carbons (Fsp3) is 0.667. The highest BCUT2D eigenvalue weighted by molar-refractivity contribution is 5.83. The average Bonchev–Trinajstić information content (AvgIpc) is 2.87. The van der Waals surface area contributed by atoms with E-state index in [0.29, 0.717) is 0 Å². The highest BCUT2D eigenvalue weighted by Gasteiger charge is 2.43. The first kappa shape index (κ1) is 19.3. The van der Waals surface area contributed by atoms with E-state index in [1.807, 2.05) is 6.92 Å². The number of carbonyl (C=O) groups excluding carboxylic acids is 1. The number of hydrogen-bond acceptors (Lipinski definition) is 8. The molecule has 0 aliphatic carbocycles. The van der Waals surface area contributed by atoms with Crippen LogP contribution in [-0.2, 0) is 9.47 Å². The van der Waals surface area contributed by atoms with Gasteiger partial charge < -0.3 is 24.8 Å². The van der Waals surface area contributed by atoms with Gasteiger partial charge in [0.15, 0.2) is 6.23 Å². The van der Waals surface area contributed by atoms with Gasteiger partial charge in [-0.2, -0.15) is 4.98 Å². The third kappa shape index (κ3) is 4.75. The second kappa shape index (κ2) is 8.90. The maximum Gasteiger partial charge on any atom is 0.412 e. The van der Waals surface area contributed by atoms with Crippen LogP contribution in [0.2, 0.25) is 0 Å². The maximum atomic E-state index is 12.1. The lowest BCUT2D eigenvalue weighted by Gasteiger charge is -2.17. The van der Waals surface area contributed by atoms with Crippen LogP contribution in [-0.4, -0.2) is 62.5 Å². The van der Waals surface area contributed by atoms with E-state index in [4.69, 9.17) is 14.6 Å². The molecule has 0 radical (unpaired) electrons. The summed E-state index contributed by atoms with van der Waals surface area (Å²) in [6.07, 6.45) is -1.62. The van der Waals surface area contributed by atoms with Crippen molar-refractivity contribution in [2.24, 2.45) is 0 Å². The Morgan fingerprint density at radius 2 is 2.16 bits per heavy atom. The van der Waals surface area contributed by atoms with Crippen molar-refractivity contribution in [3.63, 3.8) is 0 Å². The van der Waals surface area contributed by atoms with E-state index in [1.54, 1.807) is 0 Å². The standard InChI is InChI=1S/C15H23N3O7/c1-2-3-4-7-24-15(23)17-10-5-6-18(14(22)16-10)13-12(21)11(20)9(8-19)25-13/h5-6,9,11-13,19-21H,2-4,7-8H2,1H3,(H,16,17,22,23)/t9-,11-,12-,13-/m1/s1. The first-order chi connectivity index (χ1) is 12.0. The highest BCUT2D eigenvalue weighted by atomic mass is 16.6. The maximum absolute atomic E-state index is 12.1. The molecule has 0 spiro atoms. The van der Waals surface area contributed by atoms with E-state index in [2.05, 4.69) is 10.3 Å². The third-order valence-electron chi connectivity index (χ3n) is 3.83. The summed E-state index contributed by atoms with van der Waals surface area (Å²) in [4.78, 5) is 27.3. The van der Waals surface area contributed by atoms with E-state index >= 15 is 0 Å². The average molecular weight is 357 g/mol. The van der Waals surface area contributed by atoms with Crippen molar-refractivity contribution in [3.8, 4) is 0 Å². The monoisotopic (exact) mass is 357 g/mol. The molecule has 0 bridgehead atoms. The van der Waals surface area contributed by atoms with Crippen LogP contribution in [0.3, 0.4) is 0 Å². The van der Waals surface area contributed by atoms with Crippen LogP contribution in [0, 0.1) is 0 Å². The molecular formula is C15H23N3O7. The van der Waals surface area contributed by atoms with E-state index in [9.17, 15) is 19.8 Å². The summed E-state index contributed by atoms with van der Waals surface area (Å²) in [5, 5.41) is 31.1. The number of carbonyl (C=O) groups is 1. The van der Waals surface area contributed by atoms with Gasteiger partial charge in [0.1, 0.15) is 24.1 Å². The lowest BCUT2D eigenvalue weighted by Crippen LogP contribution is -2.36. The van der Waals surface area contributed by atoms with Gasteiger partial charge >= 0.3 is 11.8 Å². The number of anilines is 1. The molecule has 25 heavy (non-hydrogen) atoms. The number of rotatable bonds is 7. The molecule has 0 saturated carbocycles. The van der Waals surface area contributed by atoms with Gasteiger partial charge in [-0.3, -0.25) is 9.88 Å². The van der Waals surface area contributed by atoms with Gasteiger partial charge in [-0.05, 0) is 12.5 Å². The van der Waals surface area contributed by atoms with Crippen molar-refractivity contribution in [1.82, 2.24) is 9.55 Å². The SMILES string of the molecule is CCCCCOC(=O)Nc1ccn([C@@H]2O[C@H](CO)[C@@H](O)[C@H]2O)c(=O)n1. The Bertz CT molecular complexity index is 636. The van der Waals surface area contributed by atoms with Gasteiger partial charge in [0.2, 0.25) is 0 Å². The summed E-state index contributed by atoms with van der Waals surface area (Å²) >= 11 is 0. The lowest BCUT2D eigenvalue weighted by molar-refractivity contribution is -0.0549. The van der Waals surface area contributed by atoms with Crippen LogP contribution in [0.25, 0.3) is 0 Å². The number of nitrogens with one attached hydrogen (secondary N) is 1. The number of ether oxygens (including phenoxy) is 2. The predicted octanol–water partition coefficient (Wildman–Crippen LogP) is -0.407. The molecule has 1 fully saturated rings. The Kier molecular flexibility index (Phi) is 6.88. The third-order valence-corrected chi connectivity index (χ3v) is 3.83. The van der Waals surface area contributed by atoms with Crippen LogP contribution < -0.4 is 11.0 Å². The molecule has 10 nitrogen and oxygen atoms in total. The minimum atomic E-state index is -1.39. The second-order valence-electron chi connectivity index (χ2n) is 5.70. The minimum Gasteiger partial charge on any atom is -0.449 e. The summed E-state index contributed by atoms with van der Waals surface area (Å²) < 4.78 is 11.2. The molecule has 1 saturated heterocycles. The Balaban J connectivity index is 1.99. The Hall–Kier alpha value is -2.01. The number of unbranched alkanes of at least 4 members (excludes halogenated alkanes) is 2. The minimum absolute atomic E-state index is 0.00603. The summed E-state index contributed by atoms with van der Waals surface area (Å²) in [6, 6.07) is 1.34. The van der Waals surface area contributed by atoms with Crippen molar-refractivity contribution in [2.45, 2.75) is 50.7 Å². The Morgan fingerprint density at radius 1 is 1.40 bits per heavy atom. The van der Waals surface area contributed by atoms with E-state index in [0.717, 1.165) is 23.8 Å². The predicted molar refractivity (Wildman–Crippen MR) is 86.0 cm³/mol. The van der Waals surface area contributed by atoms with Gasteiger partial charge in [-0.25, -0.2) is 9.59 Å². The van der Waals surface area contributed by atoms with Gasteiger partial charge in [-0.1, -0.05) is 19.8 Å².